The molecule has 2 aromatic rings. The lowest BCUT2D eigenvalue weighted by Gasteiger charge is -2.17. The first-order valence-corrected chi connectivity index (χ1v) is 4.93. The lowest BCUT2D eigenvalue weighted by Crippen LogP contribution is -2.20. The van der Waals surface area contributed by atoms with E-state index in [2.05, 4.69) is 23.3 Å². The van der Waals surface area contributed by atoms with Crippen LogP contribution in [0.25, 0.3) is 10.8 Å². The van der Waals surface area contributed by atoms with Crippen LogP contribution in [-0.4, -0.2) is 10.9 Å². The number of carbonyl (C=O) groups excluding carboxylic acids is 1. The van der Waals surface area contributed by atoms with Crippen molar-refractivity contribution in [3.8, 4) is 0 Å². The van der Waals surface area contributed by atoms with Gasteiger partial charge in [0.2, 0.25) is 5.91 Å². The third-order valence-electron chi connectivity index (χ3n) is 2.84. The van der Waals surface area contributed by atoms with E-state index in [9.17, 15) is 4.79 Å². The Bertz CT molecular complexity index is 561. The van der Waals surface area contributed by atoms with E-state index in [1.807, 2.05) is 12.1 Å². The van der Waals surface area contributed by atoms with Gasteiger partial charge >= 0.3 is 0 Å². The van der Waals surface area contributed by atoms with Crippen molar-refractivity contribution in [1.82, 2.24) is 4.98 Å². The molecule has 1 aliphatic rings. The lowest BCUT2D eigenvalue weighted by molar-refractivity contribution is -0.115. The van der Waals surface area contributed by atoms with Gasteiger partial charge in [0.25, 0.3) is 0 Å². The number of nitrogens with zero attached hydrogens (tertiary/aromatic N) is 1. The number of hydrogen-bond donors (Lipinski definition) is 1. The monoisotopic (exact) mass is 198 g/mol. The van der Waals surface area contributed by atoms with Crippen molar-refractivity contribution in [3.63, 3.8) is 0 Å². The Balaban J connectivity index is 2.47. The van der Waals surface area contributed by atoms with Crippen molar-refractivity contribution >= 4 is 22.5 Å². The Labute approximate surface area is 87.1 Å². The zero-order chi connectivity index (χ0) is 10.4. The van der Waals surface area contributed by atoms with E-state index in [-0.39, 0.29) is 5.91 Å². The fourth-order valence-corrected chi connectivity index (χ4v) is 2.11. The summed E-state index contributed by atoms with van der Waals surface area (Å²) in [5, 5.41) is 5.07. The highest BCUT2D eigenvalue weighted by atomic mass is 16.1. The molecule has 0 bridgehead atoms. The first kappa shape index (κ1) is 8.41. The maximum Gasteiger partial charge on any atom is 0.229 e. The minimum atomic E-state index is 0.0198. The molecule has 1 N–H and O–H groups in total. The van der Waals surface area contributed by atoms with E-state index in [1.165, 1.54) is 10.9 Å². The van der Waals surface area contributed by atoms with Crippen LogP contribution in [0, 0.1) is 6.92 Å². The maximum atomic E-state index is 11.4. The average Bonchev–Trinajstić information content (AvgIpc) is 2.23. The van der Waals surface area contributed by atoms with E-state index >= 15 is 0 Å². The van der Waals surface area contributed by atoms with E-state index < -0.39 is 0 Å². The molecule has 1 aliphatic heterocycles. The van der Waals surface area contributed by atoms with Crippen LogP contribution < -0.4 is 5.32 Å². The highest BCUT2D eigenvalue weighted by Crippen LogP contribution is 2.30. The number of aryl methyl sites for hydroxylation is 1. The number of benzene rings is 1. The van der Waals surface area contributed by atoms with Crippen LogP contribution in [0.5, 0.6) is 0 Å². The standard InChI is InChI=1S/C12H10N2O/c1-7-2-3-8-6-10(15)14-12-11(8)9(7)4-5-13-12/h2-5H,6H2,1H3,(H,13,14,15). The molecule has 15 heavy (non-hydrogen) atoms. The van der Waals surface area contributed by atoms with Crippen molar-refractivity contribution in [2.24, 2.45) is 0 Å². The van der Waals surface area contributed by atoms with Crippen molar-refractivity contribution in [2.75, 3.05) is 5.32 Å². The Morgan fingerprint density at radius 3 is 3.07 bits per heavy atom. The second kappa shape index (κ2) is 2.79. The van der Waals surface area contributed by atoms with Crippen molar-refractivity contribution < 1.29 is 4.79 Å². The number of aromatic nitrogens is 1. The van der Waals surface area contributed by atoms with Crippen LogP contribution in [-0.2, 0) is 11.2 Å². The number of anilines is 1. The van der Waals surface area contributed by atoms with Gasteiger partial charge in [-0.05, 0) is 29.5 Å². The number of amides is 1. The molecule has 3 heteroatoms. The summed E-state index contributed by atoms with van der Waals surface area (Å²) in [6.07, 6.45) is 2.19. The molecular weight excluding hydrogens is 188 g/mol. The predicted molar refractivity (Wildman–Crippen MR) is 58.8 cm³/mol. The van der Waals surface area contributed by atoms with E-state index in [0.717, 1.165) is 10.9 Å². The maximum absolute atomic E-state index is 11.4. The first-order valence-electron chi connectivity index (χ1n) is 4.93. The smallest absolute Gasteiger partial charge is 0.229 e. The Morgan fingerprint density at radius 2 is 2.20 bits per heavy atom. The molecule has 2 heterocycles. The van der Waals surface area contributed by atoms with Gasteiger partial charge in [-0.1, -0.05) is 12.1 Å². The molecule has 1 aromatic carbocycles. The van der Waals surface area contributed by atoms with Crippen molar-refractivity contribution in [1.29, 1.82) is 0 Å². The molecule has 0 fully saturated rings. The summed E-state index contributed by atoms with van der Waals surface area (Å²) in [6.45, 7) is 2.07. The number of carbonyl (C=O) groups is 1. The van der Waals surface area contributed by atoms with Gasteiger partial charge in [0.1, 0.15) is 5.82 Å². The second-order valence-electron chi connectivity index (χ2n) is 3.85. The molecule has 0 saturated carbocycles. The first-order chi connectivity index (χ1) is 7.25. The molecule has 0 atom stereocenters. The van der Waals surface area contributed by atoms with Gasteiger partial charge in [-0.3, -0.25) is 4.79 Å². The Hall–Kier alpha value is -1.90. The molecule has 0 spiro atoms. The number of rotatable bonds is 0. The molecule has 74 valence electrons. The van der Waals surface area contributed by atoms with Crippen molar-refractivity contribution in [3.05, 3.63) is 35.5 Å². The summed E-state index contributed by atoms with van der Waals surface area (Å²) in [5.74, 6) is 0.716. The highest BCUT2D eigenvalue weighted by molar-refractivity contribution is 6.08. The topological polar surface area (TPSA) is 42.0 Å². The van der Waals surface area contributed by atoms with Gasteiger partial charge in [0.15, 0.2) is 0 Å². The van der Waals surface area contributed by atoms with Crippen LogP contribution in [0.3, 0.4) is 0 Å². The predicted octanol–water partition coefficient (Wildman–Crippen LogP) is 2.04. The zero-order valence-corrected chi connectivity index (χ0v) is 8.37. The summed E-state index contributed by atoms with van der Waals surface area (Å²) in [4.78, 5) is 15.6. The van der Waals surface area contributed by atoms with E-state index in [4.69, 9.17) is 0 Å². The van der Waals surface area contributed by atoms with Gasteiger partial charge < -0.3 is 5.32 Å². The summed E-state index contributed by atoms with van der Waals surface area (Å²) < 4.78 is 0. The summed E-state index contributed by atoms with van der Waals surface area (Å²) >= 11 is 0. The van der Waals surface area contributed by atoms with Crippen LogP contribution in [0.4, 0.5) is 5.82 Å². The van der Waals surface area contributed by atoms with Crippen LogP contribution in [0.15, 0.2) is 24.4 Å². The van der Waals surface area contributed by atoms with Crippen LogP contribution >= 0.6 is 0 Å². The number of nitrogens with one attached hydrogen (secondary N) is 1. The van der Waals surface area contributed by atoms with Gasteiger partial charge in [-0.2, -0.15) is 0 Å². The fourth-order valence-electron chi connectivity index (χ4n) is 2.11. The molecule has 0 saturated heterocycles. The fraction of sp³-hybridized carbons (Fsp3) is 0.167. The third-order valence-corrected chi connectivity index (χ3v) is 2.84. The van der Waals surface area contributed by atoms with Gasteiger partial charge in [0.05, 0.1) is 6.42 Å². The Kier molecular flexibility index (Phi) is 1.57. The van der Waals surface area contributed by atoms with Crippen LogP contribution in [0.1, 0.15) is 11.1 Å². The number of hydrogen-bond acceptors (Lipinski definition) is 2. The average molecular weight is 198 g/mol. The third kappa shape index (κ3) is 1.13. The molecule has 1 amide bonds. The highest BCUT2D eigenvalue weighted by Gasteiger charge is 2.18. The molecule has 0 radical (unpaired) electrons. The summed E-state index contributed by atoms with van der Waals surface area (Å²) in [6, 6.07) is 6.07. The summed E-state index contributed by atoms with van der Waals surface area (Å²) in [5.41, 5.74) is 2.29. The largest absolute Gasteiger partial charge is 0.310 e. The summed E-state index contributed by atoms with van der Waals surface area (Å²) in [7, 11) is 0. The lowest BCUT2D eigenvalue weighted by atomic mass is 9.97. The van der Waals surface area contributed by atoms with Crippen LogP contribution in [0.2, 0.25) is 0 Å². The van der Waals surface area contributed by atoms with Gasteiger partial charge in [-0.15, -0.1) is 0 Å². The second-order valence-corrected chi connectivity index (χ2v) is 3.85. The molecule has 3 nitrogen and oxygen atoms in total. The molecular formula is C12H10N2O. The Morgan fingerprint density at radius 1 is 1.33 bits per heavy atom. The van der Waals surface area contributed by atoms with E-state index in [1.54, 1.807) is 6.20 Å². The quantitative estimate of drug-likeness (QED) is 0.703. The molecule has 0 aliphatic carbocycles. The minimum Gasteiger partial charge on any atom is -0.310 e. The normalized spacial score (nSPS) is 14.1. The zero-order valence-electron chi connectivity index (χ0n) is 8.37. The minimum absolute atomic E-state index is 0.0198. The SMILES string of the molecule is Cc1ccc2c3c(nccc13)NC(=O)C2. The van der Waals surface area contributed by atoms with E-state index in [0.29, 0.717) is 12.2 Å². The molecule has 0 unspecified atom stereocenters. The number of pyridine rings is 1. The van der Waals surface area contributed by atoms with Crippen molar-refractivity contribution in [2.45, 2.75) is 13.3 Å². The molecule has 3 rings (SSSR count). The molecule has 1 aromatic heterocycles. The van der Waals surface area contributed by atoms with Gasteiger partial charge in [-0.25, -0.2) is 4.98 Å². The van der Waals surface area contributed by atoms with Gasteiger partial charge in [0, 0.05) is 11.6 Å².